The van der Waals surface area contributed by atoms with Crippen molar-refractivity contribution < 1.29 is 14.6 Å². The largest absolute Gasteiger partial charge is 0.378 e. The first-order valence-corrected chi connectivity index (χ1v) is 8.99. The summed E-state index contributed by atoms with van der Waals surface area (Å²) in [4.78, 5) is 6.28. The zero-order chi connectivity index (χ0) is 16.9. The smallest absolute Gasteiger partial charge is 0.146 e. The Bertz CT molecular complexity index is 519. The average molecular weight is 374 g/mol. The van der Waals surface area contributed by atoms with Gasteiger partial charge in [-0.3, -0.25) is 9.80 Å². The van der Waals surface area contributed by atoms with Gasteiger partial charge in [-0.1, -0.05) is 12.1 Å². The second-order valence-electron chi connectivity index (χ2n) is 6.76. The lowest BCUT2D eigenvalue weighted by Gasteiger charge is -2.38. The number of nitrogens with zero attached hydrogens (tertiary/aromatic N) is 3. The molecule has 0 bridgehead atoms. The third-order valence-electron chi connectivity index (χ3n) is 5.15. The molecule has 0 radical (unpaired) electrons. The fourth-order valence-electron chi connectivity index (χ4n) is 3.71. The van der Waals surface area contributed by atoms with E-state index in [2.05, 4.69) is 9.80 Å². The van der Waals surface area contributed by atoms with Crippen molar-refractivity contribution >= 4 is 18.1 Å². The number of halogens is 2. The molecular formula is C18H29ClFN3O2. The standard InChI is InChI=1S/C18H28FN3O2.ClH/c19-15-5-1-2-6-16(15)21-13-11-20(12-14-21)9-4-10-22-17(23)7-3-8-18(22)24;/h1-2,5-6,17-18,23-24H,3-4,7-14H2;1H. The van der Waals surface area contributed by atoms with E-state index in [1.54, 1.807) is 11.0 Å². The molecule has 5 nitrogen and oxygen atoms in total. The number of aliphatic hydroxyl groups is 2. The average Bonchev–Trinajstić information content (AvgIpc) is 2.59. The molecule has 2 fully saturated rings. The summed E-state index contributed by atoms with van der Waals surface area (Å²) in [6.07, 6.45) is 2.29. The van der Waals surface area contributed by atoms with Crippen LogP contribution in [-0.2, 0) is 0 Å². The minimum Gasteiger partial charge on any atom is -0.378 e. The first kappa shape index (κ1) is 20.4. The van der Waals surface area contributed by atoms with Gasteiger partial charge < -0.3 is 15.1 Å². The van der Waals surface area contributed by atoms with Gasteiger partial charge in [0.25, 0.3) is 0 Å². The number of benzene rings is 1. The molecule has 0 spiro atoms. The highest BCUT2D eigenvalue weighted by atomic mass is 35.5. The van der Waals surface area contributed by atoms with Crippen LogP contribution in [0.1, 0.15) is 25.7 Å². The molecule has 2 atom stereocenters. The maximum Gasteiger partial charge on any atom is 0.146 e. The van der Waals surface area contributed by atoms with Gasteiger partial charge in [-0.05, 0) is 44.4 Å². The van der Waals surface area contributed by atoms with E-state index in [0.717, 1.165) is 65.0 Å². The number of para-hydroxylation sites is 1. The fourth-order valence-corrected chi connectivity index (χ4v) is 3.71. The summed E-state index contributed by atoms with van der Waals surface area (Å²) in [7, 11) is 0. The maximum absolute atomic E-state index is 13.8. The highest BCUT2D eigenvalue weighted by molar-refractivity contribution is 5.85. The number of hydrogen-bond donors (Lipinski definition) is 2. The SMILES string of the molecule is Cl.OC1CCCC(O)N1CCCN1CCN(c2ccccc2F)CC1. The van der Waals surface area contributed by atoms with Gasteiger partial charge in [0.05, 0.1) is 5.69 Å². The molecule has 2 aliphatic heterocycles. The van der Waals surface area contributed by atoms with Gasteiger partial charge in [0.1, 0.15) is 18.3 Å². The first-order chi connectivity index (χ1) is 11.6. The molecule has 0 aromatic heterocycles. The predicted octanol–water partition coefficient (Wildman–Crippen LogP) is 1.88. The summed E-state index contributed by atoms with van der Waals surface area (Å²) < 4.78 is 13.8. The molecule has 0 saturated carbocycles. The zero-order valence-electron chi connectivity index (χ0n) is 14.6. The first-order valence-electron chi connectivity index (χ1n) is 8.99. The van der Waals surface area contributed by atoms with Crippen LogP contribution in [0.15, 0.2) is 24.3 Å². The van der Waals surface area contributed by atoms with Crippen molar-refractivity contribution in [2.45, 2.75) is 38.1 Å². The molecule has 2 heterocycles. The van der Waals surface area contributed by atoms with Gasteiger partial charge in [-0.2, -0.15) is 0 Å². The molecule has 7 heteroatoms. The Kier molecular flexibility index (Phi) is 7.90. The van der Waals surface area contributed by atoms with E-state index in [1.165, 1.54) is 6.07 Å². The summed E-state index contributed by atoms with van der Waals surface area (Å²) in [5, 5.41) is 19.9. The monoisotopic (exact) mass is 373 g/mol. The zero-order valence-corrected chi connectivity index (χ0v) is 15.4. The fraction of sp³-hybridized carbons (Fsp3) is 0.667. The minimum atomic E-state index is -0.508. The summed E-state index contributed by atoms with van der Waals surface area (Å²) in [6, 6.07) is 6.94. The molecule has 1 aromatic carbocycles. The molecule has 25 heavy (non-hydrogen) atoms. The molecule has 0 aliphatic carbocycles. The van der Waals surface area contributed by atoms with E-state index >= 15 is 0 Å². The van der Waals surface area contributed by atoms with Crippen LogP contribution in [0.2, 0.25) is 0 Å². The summed E-state index contributed by atoms with van der Waals surface area (Å²) >= 11 is 0. The number of piperazine rings is 1. The molecule has 2 aliphatic rings. The summed E-state index contributed by atoms with van der Waals surface area (Å²) in [6.45, 7) is 5.15. The van der Waals surface area contributed by atoms with Crippen molar-refractivity contribution in [2.75, 3.05) is 44.2 Å². The Labute approximate surface area is 155 Å². The van der Waals surface area contributed by atoms with Gasteiger partial charge >= 0.3 is 0 Å². The van der Waals surface area contributed by atoms with Crippen LogP contribution < -0.4 is 4.90 Å². The second-order valence-corrected chi connectivity index (χ2v) is 6.76. The number of anilines is 1. The molecule has 3 rings (SSSR count). The number of aliphatic hydroxyl groups excluding tert-OH is 2. The second kappa shape index (κ2) is 9.69. The van der Waals surface area contributed by atoms with Crippen molar-refractivity contribution in [3.8, 4) is 0 Å². The number of piperidine rings is 1. The van der Waals surface area contributed by atoms with Crippen molar-refractivity contribution in [3.05, 3.63) is 30.1 Å². The normalized spacial score (nSPS) is 25.6. The molecule has 0 amide bonds. The Hall–Kier alpha value is -0.920. The van der Waals surface area contributed by atoms with Crippen molar-refractivity contribution in [1.29, 1.82) is 0 Å². The molecule has 2 N–H and O–H groups in total. The third kappa shape index (κ3) is 5.28. The molecule has 2 saturated heterocycles. The molecule has 2 unspecified atom stereocenters. The van der Waals surface area contributed by atoms with Crippen LogP contribution in [0.5, 0.6) is 0 Å². The lowest BCUT2D eigenvalue weighted by atomic mass is 10.1. The lowest BCUT2D eigenvalue weighted by molar-refractivity contribution is -0.131. The van der Waals surface area contributed by atoms with Crippen molar-refractivity contribution in [1.82, 2.24) is 9.80 Å². The van der Waals surface area contributed by atoms with Gasteiger partial charge in [-0.25, -0.2) is 4.39 Å². The van der Waals surface area contributed by atoms with E-state index in [1.807, 2.05) is 12.1 Å². The van der Waals surface area contributed by atoms with Crippen LogP contribution in [-0.4, -0.2) is 71.7 Å². The third-order valence-corrected chi connectivity index (χ3v) is 5.15. The summed E-state index contributed by atoms with van der Waals surface area (Å²) in [5.41, 5.74) is 0.691. The van der Waals surface area contributed by atoms with Gasteiger partial charge in [-0.15, -0.1) is 12.4 Å². The van der Waals surface area contributed by atoms with Crippen LogP contribution in [0.3, 0.4) is 0 Å². The van der Waals surface area contributed by atoms with Crippen molar-refractivity contribution in [2.24, 2.45) is 0 Å². The number of likely N-dealkylation sites (tertiary alicyclic amines) is 1. The van der Waals surface area contributed by atoms with Crippen LogP contribution in [0.25, 0.3) is 0 Å². The summed E-state index contributed by atoms with van der Waals surface area (Å²) in [5.74, 6) is -0.154. The van der Waals surface area contributed by atoms with Gasteiger partial charge in [0.15, 0.2) is 0 Å². The molecule has 142 valence electrons. The Morgan fingerprint density at radius 1 is 0.960 bits per heavy atom. The van der Waals surface area contributed by atoms with Crippen LogP contribution in [0, 0.1) is 5.82 Å². The predicted molar refractivity (Wildman–Crippen MR) is 99.5 cm³/mol. The highest BCUT2D eigenvalue weighted by Crippen LogP contribution is 2.21. The van der Waals surface area contributed by atoms with E-state index in [-0.39, 0.29) is 18.2 Å². The van der Waals surface area contributed by atoms with Crippen LogP contribution >= 0.6 is 12.4 Å². The minimum absolute atomic E-state index is 0. The van der Waals surface area contributed by atoms with Crippen LogP contribution in [0.4, 0.5) is 10.1 Å². The van der Waals surface area contributed by atoms with E-state index in [4.69, 9.17) is 0 Å². The Morgan fingerprint density at radius 2 is 1.60 bits per heavy atom. The Morgan fingerprint density at radius 3 is 2.24 bits per heavy atom. The van der Waals surface area contributed by atoms with Gasteiger partial charge in [0.2, 0.25) is 0 Å². The lowest BCUT2D eigenvalue weighted by Crippen LogP contribution is -2.49. The van der Waals surface area contributed by atoms with E-state index in [9.17, 15) is 14.6 Å². The van der Waals surface area contributed by atoms with E-state index < -0.39 is 12.5 Å². The Balaban J connectivity index is 0.00000225. The van der Waals surface area contributed by atoms with E-state index in [0.29, 0.717) is 5.69 Å². The number of hydrogen-bond acceptors (Lipinski definition) is 5. The molecular weight excluding hydrogens is 345 g/mol. The van der Waals surface area contributed by atoms with Gasteiger partial charge in [0, 0.05) is 32.7 Å². The maximum atomic E-state index is 13.8. The highest BCUT2D eigenvalue weighted by Gasteiger charge is 2.27. The quantitative estimate of drug-likeness (QED) is 0.825. The molecule has 1 aromatic rings. The topological polar surface area (TPSA) is 50.2 Å². The van der Waals surface area contributed by atoms with Crippen molar-refractivity contribution in [3.63, 3.8) is 0 Å². The number of rotatable bonds is 5.